The third-order valence-corrected chi connectivity index (χ3v) is 6.59. The van der Waals surface area contributed by atoms with Gasteiger partial charge in [-0.15, -0.1) is 0 Å². The molecule has 0 aromatic heterocycles. The van der Waals surface area contributed by atoms with E-state index in [4.69, 9.17) is 9.57 Å². The maximum atomic E-state index is 13.9. The van der Waals surface area contributed by atoms with Gasteiger partial charge in [0, 0.05) is 5.39 Å². The molecule has 34 heavy (non-hydrogen) atoms. The van der Waals surface area contributed by atoms with Crippen LogP contribution in [0.25, 0.3) is 10.8 Å². The molecule has 168 valence electrons. The summed E-state index contributed by atoms with van der Waals surface area (Å²) in [5.74, 6) is -0.552. The van der Waals surface area contributed by atoms with Crippen LogP contribution in [0, 0.1) is 5.92 Å². The second-order valence-corrected chi connectivity index (χ2v) is 8.44. The number of ether oxygens (including phenoxy) is 1. The summed E-state index contributed by atoms with van der Waals surface area (Å²) >= 11 is 0. The Balaban J connectivity index is 1.44. The maximum absolute atomic E-state index is 13.9. The van der Waals surface area contributed by atoms with Gasteiger partial charge in [-0.1, -0.05) is 66.7 Å². The molecule has 2 aliphatic heterocycles. The number of benzene rings is 4. The largest absolute Gasteiger partial charge is 0.497 e. The molecule has 4 aromatic carbocycles. The molecule has 3 atom stereocenters. The van der Waals surface area contributed by atoms with Gasteiger partial charge in [-0.25, -0.2) is 9.96 Å². The zero-order valence-electron chi connectivity index (χ0n) is 18.5. The topological polar surface area (TPSA) is 59.1 Å². The van der Waals surface area contributed by atoms with Gasteiger partial charge in [-0.05, 0) is 41.3 Å². The number of carbonyl (C=O) groups is 2. The first-order valence-electron chi connectivity index (χ1n) is 11.2. The first-order chi connectivity index (χ1) is 16.7. The number of hydrogen-bond donors (Lipinski definition) is 0. The van der Waals surface area contributed by atoms with Crippen LogP contribution < -0.4 is 14.7 Å². The molecule has 0 aliphatic carbocycles. The van der Waals surface area contributed by atoms with Crippen molar-refractivity contribution < 1.29 is 19.2 Å². The van der Waals surface area contributed by atoms with Crippen molar-refractivity contribution in [2.75, 3.05) is 17.1 Å². The lowest BCUT2D eigenvalue weighted by molar-refractivity contribution is -0.126. The molecule has 0 N–H and O–H groups in total. The van der Waals surface area contributed by atoms with Crippen LogP contribution in [0.5, 0.6) is 5.75 Å². The van der Waals surface area contributed by atoms with Crippen molar-refractivity contribution in [1.82, 2.24) is 0 Å². The Bertz CT molecular complexity index is 1380. The van der Waals surface area contributed by atoms with Crippen molar-refractivity contribution in [3.05, 3.63) is 103 Å². The van der Waals surface area contributed by atoms with E-state index < -0.39 is 18.1 Å². The third-order valence-electron chi connectivity index (χ3n) is 6.59. The smallest absolute Gasteiger partial charge is 0.266 e. The number of methoxy groups -OCH3 is 1. The van der Waals surface area contributed by atoms with E-state index in [1.165, 1.54) is 4.90 Å². The number of carbonyl (C=O) groups excluding carboxylic acids is 2. The van der Waals surface area contributed by atoms with Crippen LogP contribution in [0.15, 0.2) is 97.1 Å². The summed E-state index contributed by atoms with van der Waals surface area (Å²) in [5.41, 5.74) is 2.25. The zero-order valence-corrected chi connectivity index (χ0v) is 18.5. The molecule has 2 fully saturated rings. The Morgan fingerprint density at radius 2 is 1.47 bits per heavy atom. The van der Waals surface area contributed by atoms with E-state index in [9.17, 15) is 9.59 Å². The van der Waals surface area contributed by atoms with Gasteiger partial charge < -0.3 is 4.74 Å². The molecular weight excluding hydrogens is 428 g/mol. The van der Waals surface area contributed by atoms with Gasteiger partial charge in [0.1, 0.15) is 11.7 Å². The van der Waals surface area contributed by atoms with E-state index in [2.05, 4.69) is 0 Å². The molecule has 2 saturated heterocycles. The SMILES string of the molecule is COc1ccc(N2OC3C(=O)N(c4cccc5ccccc45)C(=O)C3C2c2ccccc2)cc1. The fraction of sp³-hybridized carbons (Fsp3) is 0.143. The minimum Gasteiger partial charge on any atom is -0.497 e. The molecule has 4 aromatic rings. The molecule has 0 saturated carbocycles. The Morgan fingerprint density at radius 3 is 2.24 bits per heavy atom. The van der Waals surface area contributed by atoms with Crippen molar-refractivity contribution in [2.24, 2.45) is 5.92 Å². The number of anilines is 2. The number of nitrogens with zero attached hydrogens (tertiary/aromatic N) is 2. The number of rotatable bonds is 4. The molecule has 3 unspecified atom stereocenters. The highest BCUT2D eigenvalue weighted by Crippen LogP contribution is 2.48. The second kappa shape index (κ2) is 8.01. The molecule has 2 heterocycles. The maximum Gasteiger partial charge on any atom is 0.266 e. The summed E-state index contributed by atoms with van der Waals surface area (Å²) in [6, 6.07) is 30.1. The third kappa shape index (κ3) is 3.07. The van der Waals surface area contributed by atoms with E-state index in [0.717, 1.165) is 22.0 Å². The average Bonchev–Trinajstić information content (AvgIpc) is 3.40. The lowest BCUT2D eigenvalue weighted by Gasteiger charge is -2.29. The number of hydrogen-bond acceptors (Lipinski definition) is 5. The molecule has 6 heteroatoms. The van der Waals surface area contributed by atoms with E-state index in [1.807, 2.05) is 97.1 Å². The van der Waals surface area contributed by atoms with E-state index >= 15 is 0 Å². The van der Waals surface area contributed by atoms with Crippen LogP contribution in [0.4, 0.5) is 11.4 Å². The van der Waals surface area contributed by atoms with Gasteiger partial charge in [-0.2, -0.15) is 0 Å². The van der Waals surface area contributed by atoms with E-state index in [-0.39, 0.29) is 11.8 Å². The molecule has 0 spiro atoms. The van der Waals surface area contributed by atoms with E-state index in [1.54, 1.807) is 12.2 Å². The van der Waals surface area contributed by atoms with Crippen molar-refractivity contribution in [2.45, 2.75) is 12.1 Å². The fourth-order valence-corrected chi connectivity index (χ4v) is 5.00. The summed E-state index contributed by atoms with van der Waals surface area (Å²) in [6.45, 7) is 0. The van der Waals surface area contributed by atoms with Crippen molar-refractivity contribution in [1.29, 1.82) is 0 Å². The van der Waals surface area contributed by atoms with Crippen LogP contribution >= 0.6 is 0 Å². The number of imide groups is 1. The molecule has 0 radical (unpaired) electrons. The Labute approximate surface area is 196 Å². The van der Waals surface area contributed by atoms with Crippen molar-refractivity contribution >= 4 is 34.0 Å². The monoisotopic (exact) mass is 450 g/mol. The highest BCUT2D eigenvalue weighted by molar-refractivity contribution is 6.26. The number of fused-ring (bicyclic) bond motifs is 2. The molecular formula is C28H22N2O4. The number of amides is 2. The Morgan fingerprint density at radius 1 is 0.765 bits per heavy atom. The molecule has 6 nitrogen and oxygen atoms in total. The van der Waals surface area contributed by atoms with Gasteiger partial charge >= 0.3 is 0 Å². The van der Waals surface area contributed by atoms with Gasteiger partial charge in [0.25, 0.3) is 5.91 Å². The molecule has 2 amide bonds. The molecule has 6 rings (SSSR count). The summed E-state index contributed by atoms with van der Waals surface area (Å²) < 4.78 is 5.28. The lowest BCUT2D eigenvalue weighted by atomic mass is 9.90. The highest BCUT2D eigenvalue weighted by Gasteiger charge is 2.60. The Kier molecular flexibility index (Phi) is 4.81. The quantitative estimate of drug-likeness (QED) is 0.414. The average molecular weight is 450 g/mol. The summed E-state index contributed by atoms with van der Waals surface area (Å²) in [4.78, 5) is 35.1. The highest BCUT2D eigenvalue weighted by atomic mass is 16.7. The van der Waals surface area contributed by atoms with Crippen LogP contribution in [0.3, 0.4) is 0 Å². The second-order valence-electron chi connectivity index (χ2n) is 8.44. The molecule has 2 aliphatic rings. The van der Waals surface area contributed by atoms with E-state index in [0.29, 0.717) is 11.4 Å². The fourth-order valence-electron chi connectivity index (χ4n) is 5.00. The number of hydroxylamine groups is 1. The van der Waals surface area contributed by atoms with Crippen LogP contribution in [0.2, 0.25) is 0 Å². The van der Waals surface area contributed by atoms with Crippen LogP contribution in [0.1, 0.15) is 11.6 Å². The Hall–Kier alpha value is -4.16. The first-order valence-corrected chi connectivity index (χ1v) is 11.2. The van der Waals surface area contributed by atoms with Gasteiger partial charge in [0.15, 0.2) is 6.10 Å². The van der Waals surface area contributed by atoms with Gasteiger partial charge in [0.2, 0.25) is 5.91 Å². The summed E-state index contributed by atoms with van der Waals surface area (Å²) in [5, 5.41) is 3.52. The predicted octanol–water partition coefficient (Wildman–Crippen LogP) is 4.90. The summed E-state index contributed by atoms with van der Waals surface area (Å²) in [6.07, 6.45) is -0.904. The standard InChI is InChI=1S/C28H22N2O4/c1-33-21-16-14-20(15-17-21)30-25(19-9-3-2-4-10-19)24-26(34-30)28(32)29(27(24)31)23-13-7-11-18-8-5-6-12-22(18)23/h2-17,24-26H,1H3. The van der Waals surface area contributed by atoms with Gasteiger partial charge in [0.05, 0.1) is 24.5 Å². The first kappa shape index (κ1) is 20.4. The minimum absolute atomic E-state index is 0.254. The minimum atomic E-state index is -0.904. The van der Waals surface area contributed by atoms with Crippen molar-refractivity contribution in [3.8, 4) is 5.75 Å². The van der Waals surface area contributed by atoms with Crippen LogP contribution in [-0.4, -0.2) is 25.0 Å². The predicted molar refractivity (Wildman–Crippen MR) is 129 cm³/mol. The van der Waals surface area contributed by atoms with Crippen LogP contribution in [-0.2, 0) is 14.4 Å². The van der Waals surface area contributed by atoms with Gasteiger partial charge in [-0.3, -0.25) is 14.4 Å². The lowest BCUT2D eigenvalue weighted by Crippen LogP contribution is -2.37. The zero-order chi connectivity index (χ0) is 23.2. The molecule has 0 bridgehead atoms. The normalized spacial score (nSPS) is 21.9. The van der Waals surface area contributed by atoms with Crippen molar-refractivity contribution in [3.63, 3.8) is 0 Å². The summed E-state index contributed by atoms with van der Waals surface area (Å²) in [7, 11) is 1.61.